The molecule has 0 atom stereocenters. The molecule has 116 valence electrons. The molecule has 0 aliphatic heterocycles. The molecule has 5 nitrogen and oxygen atoms in total. The van der Waals surface area contributed by atoms with Crippen molar-refractivity contribution in [2.24, 2.45) is 0 Å². The van der Waals surface area contributed by atoms with Crippen molar-refractivity contribution in [3.63, 3.8) is 0 Å². The molecule has 1 saturated carbocycles. The minimum Gasteiger partial charge on any atom is -0.388 e. The number of amides is 2. The van der Waals surface area contributed by atoms with Gasteiger partial charge in [0, 0.05) is 32.9 Å². The molecular formula is C16H25N3O2. The average molecular weight is 291 g/mol. The van der Waals surface area contributed by atoms with Gasteiger partial charge in [0.1, 0.15) is 0 Å². The van der Waals surface area contributed by atoms with E-state index in [1.165, 1.54) is 5.56 Å². The van der Waals surface area contributed by atoms with Crippen LogP contribution in [0.1, 0.15) is 24.8 Å². The van der Waals surface area contributed by atoms with E-state index in [0.29, 0.717) is 13.1 Å². The fourth-order valence-corrected chi connectivity index (χ4v) is 2.35. The third-order valence-electron chi connectivity index (χ3n) is 4.01. The molecule has 1 aromatic carbocycles. The number of nitrogens with one attached hydrogen (secondary N) is 2. The minimum atomic E-state index is -0.667. The van der Waals surface area contributed by atoms with E-state index >= 15 is 0 Å². The van der Waals surface area contributed by atoms with Gasteiger partial charge in [-0.2, -0.15) is 0 Å². The largest absolute Gasteiger partial charge is 0.388 e. The predicted molar refractivity (Wildman–Crippen MR) is 84.7 cm³/mol. The van der Waals surface area contributed by atoms with Gasteiger partial charge in [0.15, 0.2) is 0 Å². The Bertz CT molecular complexity index is 467. The van der Waals surface area contributed by atoms with Gasteiger partial charge in [-0.15, -0.1) is 0 Å². The summed E-state index contributed by atoms with van der Waals surface area (Å²) in [5, 5.41) is 15.4. The molecule has 3 N–H and O–H groups in total. The van der Waals surface area contributed by atoms with Gasteiger partial charge in [0.2, 0.25) is 0 Å². The van der Waals surface area contributed by atoms with Gasteiger partial charge in [-0.05, 0) is 43.4 Å². The van der Waals surface area contributed by atoms with E-state index in [1.54, 1.807) is 0 Å². The van der Waals surface area contributed by atoms with Crippen LogP contribution in [0.2, 0.25) is 0 Å². The van der Waals surface area contributed by atoms with Crippen LogP contribution in [0.25, 0.3) is 0 Å². The maximum Gasteiger partial charge on any atom is 0.314 e. The van der Waals surface area contributed by atoms with E-state index in [1.807, 2.05) is 14.1 Å². The van der Waals surface area contributed by atoms with E-state index in [9.17, 15) is 9.90 Å². The summed E-state index contributed by atoms with van der Waals surface area (Å²) in [6.45, 7) is 0.932. The fraction of sp³-hybridized carbons (Fsp3) is 0.562. The number of hydrogen-bond donors (Lipinski definition) is 3. The van der Waals surface area contributed by atoms with Gasteiger partial charge >= 0.3 is 6.03 Å². The normalized spacial score (nSPS) is 16.0. The Morgan fingerprint density at radius 1 is 1.24 bits per heavy atom. The number of benzene rings is 1. The first-order chi connectivity index (χ1) is 9.98. The highest BCUT2D eigenvalue weighted by Gasteiger charge is 2.34. The highest BCUT2D eigenvalue weighted by Crippen LogP contribution is 2.30. The summed E-state index contributed by atoms with van der Waals surface area (Å²) in [6, 6.07) is 8.08. The first kappa shape index (κ1) is 15.6. The summed E-state index contributed by atoms with van der Waals surface area (Å²) in [5.41, 5.74) is 1.69. The molecule has 1 aromatic rings. The lowest BCUT2D eigenvalue weighted by Crippen LogP contribution is -2.50. The molecule has 0 heterocycles. The van der Waals surface area contributed by atoms with E-state index in [2.05, 4.69) is 39.8 Å². The van der Waals surface area contributed by atoms with Crippen LogP contribution in [0.3, 0.4) is 0 Å². The Balaban J connectivity index is 1.65. The van der Waals surface area contributed by atoms with E-state index in [4.69, 9.17) is 0 Å². The summed E-state index contributed by atoms with van der Waals surface area (Å²) in [7, 11) is 4.02. The molecule has 1 aliphatic rings. The summed E-state index contributed by atoms with van der Waals surface area (Å²) in [6.07, 6.45) is 3.41. The van der Waals surface area contributed by atoms with Crippen LogP contribution in [-0.4, -0.2) is 43.9 Å². The second-order valence-electron chi connectivity index (χ2n) is 6.00. The van der Waals surface area contributed by atoms with Gasteiger partial charge in [0.05, 0.1) is 5.60 Å². The SMILES string of the molecule is CN(C)c1ccc(CCNC(=O)NCC2(O)CCC2)cc1. The van der Waals surface area contributed by atoms with Crippen LogP contribution in [-0.2, 0) is 6.42 Å². The standard InChI is InChI=1S/C16H25N3O2/c1-19(2)14-6-4-13(5-7-14)8-11-17-15(20)18-12-16(21)9-3-10-16/h4-7,21H,3,8-12H2,1-2H3,(H2,17,18,20). The van der Waals surface area contributed by atoms with Crippen molar-refractivity contribution in [1.29, 1.82) is 0 Å². The zero-order valence-corrected chi connectivity index (χ0v) is 12.9. The molecule has 0 aromatic heterocycles. The lowest BCUT2D eigenvalue weighted by Gasteiger charge is -2.36. The van der Waals surface area contributed by atoms with Gasteiger partial charge in [-0.3, -0.25) is 0 Å². The second-order valence-corrected chi connectivity index (χ2v) is 6.00. The van der Waals surface area contributed by atoms with Gasteiger partial charge in [-0.25, -0.2) is 4.79 Å². The fourth-order valence-electron chi connectivity index (χ4n) is 2.35. The minimum absolute atomic E-state index is 0.208. The highest BCUT2D eigenvalue weighted by molar-refractivity contribution is 5.73. The van der Waals surface area contributed by atoms with Crippen molar-refractivity contribution in [1.82, 2.24) is 10.6 Å². The first-order valence-electron chi connectivity index (χ1n) is 7.49. The number of aliphatic hydroxyl groups is 1. The summed E-state index contributed by atoms with van der Waals surface area (Å²) < 4.78 is 0. The number of carbonyl (C=O) groups is 1. The first-order valence-corrected chi connectivity index (χ1v) is 7.49. The van der Waals surface area contributed by atoms with Crippen LogP contribution in [0.15, 0.2) is 24.3 Å². The average Bonchev–Trinajstić information content (AvgIpc) is 2.43. The molecule has 0 bridgehead atoms. The lowest BCUT2D eigenvalue weighted by atomic mass is 9.80. The summed E-state index contributed by atoms with van der Waals surface area (Å²) in [4.78, 5) is 13.7. The summed E-state index contributed by atoms with van der Waals surface area (Å²) in [5.74, 6) is 0. The maximum atomic E-state index is 11.6. The molecule has 2 rings (SSSR count). The Labute approximate surface area is 126 Å². The zero-order valence-electron chi connectivity index (χ0n) is 12.9. The van der Waals surface area contributed by atoms with Crippen molar-refractivity contribution < 1.29 is 9.90 Å². The highest BCUT2D eigenvalue weighted by atomic mass is 16.3. The molecule has 0 saturated heterocycles. The van der Waals surface area contributed by atoms with E-state index < -0.39 is 5.60 Å². The van der Waals surface area contributed by atoms with Crippen LogP contribution >= 0.6 is 0 Å². The Kier molecular flexibility index (Phi) is 5.07. The number of hydrogen-bond acceptors (Lipinski definition) is 3. The predicted octanol–water partition coefficient (Wildman–Crippen LogP) is 1.51. The van der Waals surface area contributed by atoms with Crippen molar-refractivity contribution in [3.05, 3.63) is 29.8 Å². The molecule has 0 spiro atoms. The Morgan fingerprint density at radius 3 is 2.43 bits per heavy atom. The van der Waals surface area contributed by atoms with Crippen molar-refractivity contribution in [2.45, 2.75) is 31.3 Å². The number of carbonyl (C=O) groups excluding carboxylic acids is 1. The summed E-state index contributed by atoms with van der Waals surface area (Å²) >= 11 is 0. The van der Waals surface area contributed by atoms with Gasteiger partial charge in [0.25, 0.3) is 0 Å². The van der Waals surface area contributed by atoms with Crippen LogP contribution in [0.4, 0.5) is 10.5 Å². The monoisotopic (exact) mass is 291 g/mol. The van der Waals surface area contributed by atoms with Crippen LogP contribution in [0, 0.1) is 0 Å². The van der Waals surface area contributed by atoms with E-state index in [0.717, 1.165) is 31.4 Å². The van der Waals surface area contributed by atoms with Crippen molar-refractivity contribution in [3.8, 4) is 0 Å². The number of anilines is 1. The van der Waals surface area contributed by atoms with Gasteiger partial charge in [-0.1, -0.05) is 12.1 Å². The molecule has 1 fully saturated rings. The zero-order chi connectivity index (χ0) is 15.3. The topological polar surface area (TPSA) is 64.6 Å². The molecule has 0 unspecified atom stereocenters. The molecule has 21 heavy (non-hydrogen) atoms. The van der Waals surface area contributed by atoms with Crippen LogP contribution < -0.4 is 15.5 Å². The molecule has 1 aliphatic carbocycles. The van der Waals surface area contributed by atoms with Crippen LogP contribution in [0.5, 0.6) is 0 Å². The molecule has 2 amide bonds. The maximum absolute atomic E-state index is 11.6. The van der Waals surface area contributed by atoms with Crippen molar-refractivity contribution in [2.75, 3.05) is 32.1 Å². The van der Waals surface area contributed by atoms with Gasteiger partial charge < -0.3 is 20.6 Å². The van der Waals surface area contributed by atoms with Crippen molar-refractivity contribution >= 4 is 11.7 Å². The third-order valence-corrected chi connectivity index (χ3v) is 4.01. The Hall–Kier alpha value is -1.75. The number of urea groups is 1. The lowest BCUT2D eigenvalue weighted by molar-refractivity contribution is -0.0290. The number of nitrogens with zero attached hydrogens (tertiary/aromatic N) is 1. The molecular weight excluding hydrogens is 266 g/mol. The third kappa shape index (κ3) is 4.63. The quantitative estimate of drug-likeness (QED) is 0.744. The molecule has 0 radical (unpaired) electrons. The smallest absolute Gasteiger partial charge is 0.314 e. The Morgan fingerprint density at radius 2 is 1.90 bits per heavy atom. The molecule has 5 heteroatoms. The second kappa shape index (κ2) is 6.80. The van der Waals surface area contributed by atoms with E-state index in [-0.39, 0.29) is 6.03 Å². The number of rotatable bonds is 6.